The number of fused-ring (bicyclic) bond motifs is 2. The van der Waals surface area contributed by atoms with Crippen LogP contribution < -0.4 is 15.5 Å². The Morgan fingerprint density at radius 3 is 2.94 bits per heavy atom. The van der Waals surface area contributed by atoms with Crippen molar-refractivity contribution in [2.24, 2.45) is 5.16 Å². The van der Waals surface area contributed by atoms with Gasteiger partial charge in [0, 0.05) is 16.7 Å². The summed E-state index contributed by atoms with van der Waals surface area (Å²) in [7, 11) is 1.29. The molecule has 36 heavy (non-hydrogen) atoms. The number of nitrogens with two attached hydrogens (primary N) is 1. The highest BCUT2D eigenvalue weighted by atomic mass is 32.2. The molecule has 3 aromatic heterocycles. The average molecular weight is 529 g/mol. The van der Waals surface area contributed by atoms with Crippen molar-refractivity contribution in [1.82, 2.24) is 19.8 Å². The van der Waals surface area contributed by atoms with Crippen LogP contribution in [0.5, 0.6) is 0 Å². The van der Waals surface area contributed by atoms with E-state index in [0.717, 1.165) is 22.4 Å². The summed E-state index contributed by atoms with van der Waals surface area (Å²) >= 11 is 2.53. The zero-order chi connectivity index (χ0) is 25.6. The lowest BCUT2D eigenvalue weighted by Crippen LogP contribution is -2.71. The van der Waals surface area contributed by atoms with Crippen LogP contribution in [0.1, 0.15) is 11.3 Å². The number of carboxylic acid groups (broad SMARTS) is 1. The Hall–Kier alpha value is -3.91. The lowest BCUT2D eigenvalue weighted by molar-refractivity contribution is -0.512. The molecule has 0 radical (unpaired) electrons. The smallest absolute Gasteiger partial charge is 0.352 e. The number of hydrogen-bond acceptors (Lipinski definition) is 9. The largest absolute Gasteiger partial charge is 0.477 e. The van der Waals surface area contributed by atoms with Gasteiger partial charge in [0.05, 0.1) is 6.20 Å². The predicted octanol–water partition coefficient (Wildman–Crippen LogP) is 0.363. The Kier molecular flexibility index (Phi) is 6.14. The lowest BCUT2D eigenvalue weighted by Gasteiger charge is -2.49. The number of aryl methyl sites for hydroxylation is 1. The van der Waals surface area contributed by atoms with E-state index >= 15 is 0 Å². The molecule has 14 heteroatoms. The minimum atomic E-state index is -1.19. The van der Waals surface area contributed by atoms with Gasteiger partial charge in [0.15, 0.2) is 16.4 Å². The maximum atomic E-state index is 13.0. The van der Waals surface area contributed by atoms with Crippen molar-refractivity contribution in [3.05, 3.63) is 58.8 Å². The fourth-order valence-electron chi connectivity index (χ4n) is 4.23. The molecule has 0 aliphatic carbocycles. The summed E-state index contributed by atoms with van der Waals surface area (Å²) in [6.45, 7) is 2.32. The van der Waals surface area contributed by atoms with Crippen LogP contribution in [-0.2, 0) is 25.8 Å². The molecule has 5 heterocycles. The molecule has 0 spiro atoms. The Bertz CT molecular complexity index is 1460. The number of β-lactam (4-membered cyclic amide) rings is 1. The van der Waals surface area contributed by atoms with Gasteiger partial charge in [0.2, 0.25) is 6.33 Å². The summed E-state index contributed by atoms with van der Waals surface area (Å²) in [5.74, 6) is -1.97. The summed E-state index contributed by atoms with van der Waals surface area (Å²) < 4.78 is 3.84. The third-order valence-corrected chi connectivity index (χ3v) is 7.83. The van der Waals surface area contributed by atoms with Crippen molar-refractivity contribution in [2.45, 2.75) is 24.9 Å². The second kappa shape index (κ2) is 9.28. The number of amides is 2. The van der Waals surface area contributed by atoms with E-state index in [1.165, 1.54) is 23.8 Å². The van der Waals surface area contributed by atoms with E-state index in [1.54, 1.807) is 5.38 Å². The van der Waals surface area contributed by atoms with E-state index in [1.807, 2.05) is 46.7 Å². The van der Waals surface area contributed by atoms with Crippen molar-refractivity contribution < 1.29 is 28.7 Å². The van der Waals surface area contributed by atoms with E-state index in [-0.39, 0.29) is 22.2 Å². The molecular weight excluding hydrogens is 506 g/mol. The summed E-state index contributed by atoms with van der Waals surface area (Å²) in [4.78, 5) is 48.2. The quantitative estimate of drug-likeness (QED) is 0.172. The molecule has 3 aromatic rings. The number of aliphatic carboxylic acids is 1. The van der Waals surface area contributed by atoms with E-state index in [9.17, 15) is 19.5 Å². The van der Waals surface area contributed by atoms with E-state index in [2.05, 4.69) is 15.5 Å². The van der Waals surface area contributed by atoms with Crippen molar-refractivity contribution in [2.75, 3.05) is 18.6 Å². The topological polar surface area (TPSA) is 156 Å². The number of rotatable bonds is 7. The molecule has 1 saturated heterocycles. The first-order valence-corrected chi connectivity index (χ1v) is 12.7. The number of carbonyl (C=O) groups excluding carboxylic acids is 2. The van der Waals surface area contributed by atoms with Crippen molar-refractivity contribution in [1.29, 1.82) is 0 Å². The minimum absolute atomic E-state index is 0.0498. The highest BCUT2D eigenvalue weighted by molar-refractivity contribution is 8.00. The van der Waals surface area contributed by atoms with Crippen LogP contribution in [0.4, 0.5) is 5.13 Å². The Morgan fingerprint density at radius 2 is 2.25 bits per heavy atom. The van der Waals surface area contributed by atoms with Gasteiger partial charge in [0.1, 0.15) is 42.7 Å². The third-order valence-electron chi connectivity index (χ3n) is 5.81. The number of nitrogens with one attached hydrogen (secondary N) is 1. The summed E-state index contributed by atoms with van der Waals surface area (Å²) in [6, 6.07) is 3.10. The SMILES string of the molecule is CO/N=C(\C(=O)N[C@@H]1C(=O)N2C(C(=O)O)=C(Cn3cc4cc(C)cc[n+]4c3)CS[C@H]12)c1csc(N)n1. The molecule has 2 aliphatic heterocycles. The molecule has 2 amide bonds. The second-order valence-electron chi connectivity index (χ2n) is 8.26. The van der Waals surface area contributed by atoms with Crippen LogP contribution in [0.2, 0.25) is 0 Å². The van der Waals surface area contributed by atoms with Crippen molar-refractivity contribution in [3.8, 4) is 0 Å². The number of carbonyl (C=O) groups is 3. The fraction of sp³-hybridized carbons (Fsp3) is 0.273. The summed E-state index contributed by atoms with van der Waals surface area (Å²) in [5.41, 5.74) is 8.40. The molecule has 0 aromatic carbocycles. The van der Waals surface area contributed by atoms with E-state index in [4.69, 9.17) is 10.6 Å². The average Bonchev–Trinajstić information content (AvgIpc) is 3.45. The first kappa shape index (κ1) is 23.8. The number of hydrogen-bond donors (Lipinski definition) is 3. The Morgan fingerprint density at radius 1 is 1.44 bits per heavy atom. The first-order chi connectivity index (χ1) is 17.3. The summed E-state index contributed by atoms with van der Waals surface area (Å²) in [6.07, 6.45) is 5.74. The van der Waals surface area contributed by atoms with Crippen molar-refractivity contribution >= 4 is 57.2 Å². The van der Waals surface area contributed by atoms with Gasteiger partial charge in [-0.15, -0.1) is 23.1 Å². The van der Waals surface area contributed by atoms with Crippen LogP contribution in [0.3, 0.4) is 0 Å². The fourth-order valence-corrected chi connectivity index (χ4v) is 6.11. The molecule has 0 unspecified atom stereocenters. The zero-order valence-corrected chi connectivity index (χ0v) is 20.9. The number of pyridine rings is 1. The van der Waals surface area contributed by atoms with E-state index in [0.29, 0.717) is 17.9 Å². The van der Waals surface area contributed by atoms with Crippen LogP contribution in [0, 0.1) is 6.92 Å². The normalized spacial score (nSPS) is 19.8. The number of carboxylic acids is 1. The van der Waals surface area contributed by atoms with Gasteiger partial charge in [-0.05, 0) is 24.6 Å². The highest BCUT2D eigenvalue weighted by Crippen LogP contribution is 2.40. The Labute approximate surface area is 213 Å². The standard InChI is InChI=1S/C22H21N7O5S2/c1-11-3-4-28-10-27(7-13(28)5-11)6-12-8-35-20-16(19(31)29(20)17(12)21(32)33)25-18(30)15(26-34-2)14-9-36-22(23)24-14/h3-5,7,9-10,16,20H,6,8H2,1-2H3,(H3-,23,24,25,30,32,33)/p+1/b26-15-/t16-,20-/m1/s1. The maximum Gasteiger partial charge on any atom is 0.352 e. The van der Waals surface area contributed by atoms with Gasteiger partial charge in [-0.2, -0.15) is 0 Å². The highest BCUT2D eigenvalue weighted by Gasteiger charge is 2.54. The molecule has 2 aliphatic rings. The number of anilines is 1. The lowest BCUT2D eigenvalue weighted by atomic mass is 10.0. The second-order valence-corrected chi connectivity index (χ2v) is 10.3. The number of nitrogens with zero attached hydrogens (tertiary/aromatic N) is 5. The van der Waals surface area contributed by atoms with Crippen LogP contribution in [-0.4, -0.2) is 67.3 Å². The first-order valence-electron chi connectivity index (χ1n) is 10.8. The number of nitrogen functional groups attached to an aromatic ring is 1. The predicted molar refractivity (Wildman–Crippen MR) is 132 cm³/mol. The van der Waals surface area contributed by atoms with Gasteiger partial charge < -0.3 is 21.0 Å². The number of aromatic nitrogens is 3. The number of thiazole rings is 1. The van der Waals surface area contributed by atoms with Gasteiger partial charge in [-0.25, -0.2) is 18.7 Å². The van der Waals surface area contributed by atoms with Gasteiger partial charge in [0.25, 0.3) is 11.8 Å². The molecule has 186 valence electrons. The van der Waals surface area contributed by atoms with Gasteiger partial charge in [-0.1, -0.05) is 5.16 Å². The Balaban J connectivity index is 1.36. The van der Waals surface area contributed by atoms with Crippen LogP contribution in [0.15, 0.2) is 52.7 Å². The van der Waals surface area contributed by atoms with Crippen LogP contribution >= 0.6 is 23.1 Å². The maximum absolute atomic E-state index is 13.0. The monoisotopic (exact) mass is 528 g/mol. The molecule has 1 fully saturated rings. The zero-order valence-electron chi connectivity index (χ0n) is 19.2. The van der Waals surface area contributed by atoms with Crippen molar-refractivity contribution in [3.63, 3.8) is 0 Å². The molecule has 5 rings (SSSR count). The minimum Gasteiger partial charge on any atom is -0.477 e. The number of thioether (sulfide) groups is 1. The summed E-state index contributed by atoms with van der Waals surface area (Å²) in [5, 5.41) is 17.6. The van der Waals surface area contributed by atoms with Gasteiger partial charge in [-0.3, -0.25) is 14.5 Å². The molecule has 0 bridgehead atoms. The van der Waals surface area contributed by atoms with E-state index < -0.39 is 29.2 Å². The molecule has 4 N–H and O–H groups in total. The number of imidazole rings is 1. The molecule has 0 saturated carbocycles. The molecular formula is C22H22N7O5S2+. The van der Waals surface area contributed by atoms with Crippen LogP contribution in [0.25, 0.3) is 5.52 Å². The number of oxime groups is 1. The third kappa shape index (κ3) is 4.18. The van der Waals surface area contributed by atoms with Gasteiger partial charge >= 0.3 is 5.97 Å². The molecule has 2 atom stereocenters. The molecule has 12 nitrogen and oxygen atoms in total.